The van der Waals surface area contributed by atoms with Gasteiger partial charge in [-0.25, -0.2) is 0 Å². The van der Waals surface area contributed by atoms with Gasteiger partial charge in [0.05, 0.1) is 0 Å². The molecule has 0 radical (unpaired) electrons. The van der Waals surface area contributed by atoms with Crippen LogP contribution in [0.4, 0.5) is 0 Å². The molecule has 0 rings (SSSR count). The number of hydrogen-bond acceptors (Lipinski definition) is 2. The van der Waals surface area contributed by atoms with Crippen molar-refractivity contribution in [2.45, 2.75) is 40.0 Å². The summed E-state index contributed by atoms with van der Waals surface area (Å²) in [6.45, 7) is 6.92. The highest BCUT2D eigenvalue weighted by Gasteiger charge is 1.94. The minimum Gasteiger partial charge on any atom is -0.355 e. The average molecular weight is 191 g/mol. The number of amides is 1. The van der Waals surface area contributed by atoms with Crippen LogP contribution in [0.5, 0.6) is 0 Å². The summed E-state index contributed by atoms with van der Waals surface area (Å²) in [5, 5.41) is 2.72. The van der Waals surface area contributed by atoms with Crippen molar-refractivity contribution in [1.29, 1.82) is 0 Å². The van der Waals surface area contributed by atoms with Crippen LogP contribution in [0, 0.1) is 0 Å². The molecule has 0 aromatic carbocycles. The van der Waals surface area contributed by atoms with E-state index in [4.69, 9.17) is 0 Å². The van der Waals surface area contributed by atoms with Gasteiger partial charge in [-0.15, -0.1) is 0 Å². The summed E-state index contributed by atoms with van der Waals surface area (Å²) in [6.07, 6.45) is 2.80. The van der Waals surface area contributed by atoms with Gasteiger partial charge in [0.1, 0.15) is 0 Å². The number of hydrogen-bond donors (Lipinski definition) is 2. The Labute approximate surface area is 81.5 Å². The molecule has 0 atom stereocenters. The highest BCUT2D eigenvalue weighted by Crippen LogP contribution is 1.84. The summed E-state index contributed by atoms with van der Waals surface area (Å²) in [4.78, 5) is 10.7. The molecular weight excluding hydrogens is 170 g/mol. The summed E-state index contributed by atoms with van der Waals surface area (Å²) >= 11 is 3.95. The van der Waals surface area contributed by atoms with Crippen LogP contribution < -0.4 is 5.32 Å². The highest BCUT2D eigenvalue weighted by molar-refractivity contribution is 7.80. The van der Waals surface area contributed by atoms with Crippen molar-refractivity contribution in [3.63, 3.8) is 0 Å². The van der Waals surface area contributed by atoms with E-state index < -0.39 is 0 Å². The molecule has 12 heavy (non-hydrogen) atoms. The molecule has 0 aliphatic carbocycles. The Morgan fingerprint density at radius 2 is 1.83 bits per heavy atom. The maximum Gasteiger partial charge on any atom is 0.220 e. The Morgan fingerprint density at radius 3 is 2.17 bits per heavy atom. The predicted octanol–water partition coefficient (Wildman–Crippen LogP) is 2.25. The van der Waals surface area contributed by atoms with Gasteiger partial charge in [0.25, 0.3) is 0 Å². The molecule has 0 spiro atoms. The summed E-state index contributed by atoms with van der Waals surface area (Å²) < 4.78 is 0. The van der Waals surface area contributed by atoms with Gasteiger partial charge >= 0.3 is 0 Å². The molecule has 74 valence electrons. The van der Waals surface area contributed by atoms with E-state index in [1.54, 1.807) is 0 Å². The number of rotatable bonds is 4. The fraction of sp³-hybridized carbons (Fsp3) is 0.889. The summed E-state index contributed by atoms with van der Waals surface area (Å²) in [5.41, 5.74) is 0. The van der Waals surface area contributed by atoms with Gasteiger partial charge in [0.15, 0.2) is 0 Å². The summed E-state index contributed by atoms with van der Waals surface area (Å²) in [5.74, 6) is 0.849. The third-order valence-electron chi connectivity index (χ3n) is 0.911. The first-order chi connectivity index (χ1) is 5.72. The monoisotopic (exact) mass is 191 g/mol. The SMILES string of the molecule is CCC.CCCC(=O)NCCS. The lowest BCUT2D eigenvalue weighted by molar-refractivity contribution is -0.120. The maximum absolute atomic E-state index is 10.7. The van der Waals surface area contributed by atoms with Crippen LogP contribution in [0.2, 0.25) is 0 Å². The standard InChI is InChI=1S/C6H13NOS.C3H8/c1-2-3-6(8)7-4-5-9;1-3-2/h9H,2-5H2,1H3,(H,7,8);3H2,1-2H3. The van der Waals surface area contributed by atoms with Gasteiger partial charge in [-0.2, -0.15) is 12.6 Å². The summed E-state index contributed by atoms with van der Waals surface area (Å²) in [7, 11) is 0. The van der Waals surface area contributed by atoms with E-state index in [1.807, 2.05) is 6.92 Å². The number of nitrogens with one attached hydrogen (secondary N) is 1. The lowest BCUT2D eigenvalue weighted by atomic mass is 10.3. The molecule has 1 N–H and O–H groups in total. The smallest absolute Gasteiger partial charge is 0.220 e. The normalized spacial score (nSPS) is 8.33. The van der Waals surface area contributed by atoms with Gasteiger partial charge in [-0.3, -0.25) is 4.79 Å². The van der Waals surface area contributed by atoms with Crippen LogP contribution in [0.15, 0.2) is 0 Å². The van der Waals surface area contributed by atoms with Crippen molar-refractivity contribution in [2.75, 3.05) is 12.3 Å². The molecule has 0 aliphatic rings. The second-order valence-corrected chi connectivity index (χ2v) is 2.98. The molecule has 2 nitrogen and oxygen atoms in total. The van der Waals surface area contributed by atoms with Gasteiger partial charge in [-0.1, -0.05) is 27.2 Å². The van der Waals surface area contributed by atoms with E-state index in [2.05, 4.69) is 31.8 Å². The van der Waals surface area contributed by atoms with Crippen molar-refractivity contribution in [2.24, 2.45) is 0 Å². The van der Waals surface area contributed by atoms with E-state index in [-0.39, 0.29) is 5.91 Å². The van der Waals surface area contributed by atoms with Crippen LogP contribution in [0.3, 0.4) is 0 Å². The molecule has 0 heterocycles. The zero-order valence-corrected chi connectivity index (χ0v) is 9.29. The van der Waals surface area contributed by atoms with Crippen molar-refractivity contribution in [1.82, 2.24) is 5.32 Å². The predicted molar refractivity (Wildman–Crippen MR) is 57.7 cm³/mol. The summed E-state index contributed by atoms with van der Waals surface area (Å²) in [6, 6.07) is 0. The Kier molecular flexibility index (Phi) is 16.0. The number of carbonyl (C=O) groups excluding carboxylic acids is 1. The Bertz CT molecular complexity index is 96.5. The quantitative estimate of drug-likeness (QED) is 0.656. The topological polar surface area (TPSA) is 29.1 Å². The van der Waals surface area contributed by atoms with E-state index >= 15 is 0 Å². The van der Waals surface area contributed by atoms with Crippen LogP contribution in [0.25, 0.3) is 0 Å². The Hall–Kier alpha value is -0.180. The fourth-order valence-corrected chi connectivity index (χ4v) is 0.623. The largest absolute Gasteiger partial charge is 0.355 e. The molecule has 0 aromatic rings. The van der Waals surface area contributed by atoms with E-state index in [0.717, 1.165) is 12.2 Å². The van der Waals surface area contributed by atoms with Gasteiger partial charge in [0, 0.05) is 18.7 Å². The van der Waals surface area contributed by atoms with Gasteiger partial charge in [0.2, 0.25) is 5.91 Å². The molecule has 1 amide bonds. The zero-order chi connectivity index (χ0) is 9.82. The van der Waals surface area contributed by atoms with Crippen molar-refractivity contribution in [3.8, 4) is 0 Å². The fourth-order valence-electron chi connectivity index (χ4n) is 0.511. The van der Waals surface area contributed by atoms with Gasteiger partial charge in [-0.05, 0) is 6.42 Å². The first-order valence-electron chi connectivity index (χ1n) is 4.60. The van der Waals surface area contributed by atoms with E-state index in [1.165, 1.54) is 6.42 Å². The zero-order valence-electron chi connectivity index (χ0n) is 8.39. The lowest BCUT2D eigenvalue weighted by Crippen LogP contribution is -2.24. The highest BCUT2D eigenvalue weighted by atomic mass is 32.1. The lowest BCUT2D eigenvalue weighted by Gasteiger charge is -1.98. The number of thiol groups is 1. The second-order valence-electron chi connectivity index (χ2n) is 2.53. The molecule has 0 unspecified atom stereocenters. The molecule has 0 saturated carbocycles. The third-order valence-corrected chi connectivity index (χ3v) is 1.13. The average Bonchev–Trinajstić information content (AvgIpc) is 2.03. The molecule has 0 aromatic heterocycles. The first kappa shape index (κ1) is 14.3. The maximum atomic E-state index is 10.7. The molecule has 0 fully saturated rings. The van der Waals surface area contributed by atoms with Crippen molar-refractivity contribution in [3.05, 3.63) is 0 Å². The van der Waals surface area contributed by atoms with Crippen LogP contribution in [0.1, 0.15) is 40.0 Å². The minimum atomic E-state index is 0.131. The second kappa shape index (κ2) is 13.4. The van der Waals surface area contributed by atoms with Crippen LogP contribution in [-0.2, 0) is 4.79 Å². The number of carbonyl (C=O) groups is 1. The Morgan fingerprint density at radius 1 is 1.33 bits per heavy atom. The molecule has 0 bridgehead atoms. The molecule has 3 heteroatoms. The van der Waals surface area contributed by atoms with Crippen LogP contribution >= 0.6 is 12.6 Å². The minimum absolute atomic E-state index is 0.131. The van der Waals surface area contributed by atoms with E-state index in [9.17, 15) is 4.79 Å². The third kappa shape index (κ3) is 16.4. The first-order valence-corrected chi connectivity index (χ1v) is 5.23. The molecule has 0 saturated heterocycles. The Balaban J connectivity index is 0. The van der Waals surface area contributed by atoms with Gasteiger partial charge < -0.3 is 5.32 Å². The molecule has 0 aliphatic heterocycles. The van der Waals surface area contributed by atoms with E-state index in [0.29, 0.717) is 13.0 Å². The molecular formula is C9H21NOS. The van der Waals surface area contributed by atoms with Crippen molar-refractivity contribution < 1.29 is 4.79 Å². The van der Waals surface area contributed by atoms with Crippen LogP contribution in [-0.4, -0.2) is 18.2 Å². The van der Waals surface area contributed by atoms with Crippen molar-refractivity contribution >= 4 is 18.5 Å².